The van der Waals surface area contributed by atoms with Gasteiger partial charge in [0.15, 0.2) is 5.78 Å². The number of alkyl halides is 1. The van der Waals surface area contributed by atoms with E-state index in [4.69, 9.17) is 9.84 Å². The molecule has 1 rings (SSSR count). The molecule has 13 heavy (non-hydrogen) atoms. The number of ketones is 1. The number of halogens is 1. The van der Waals surface area contributed by atoms with Crippen LogP contribution in [-0.4, -0.2) is 50.5 Å². The van der Waals surface area contributed by atoms with Crippen molar-refractivity contribution < 1.29 is 24.9 Å². The largest absolute Gasteiger partial charge is 0.388 e. The smallest absolute Gasteiger partial charge is 0.209 e. The van der Waals surface area contributed by atoms with Crippen LogP contribution in [0.2, 0.25) is 0 Å². The summed E-state index contributed by atoms with van der Waals surface area (Å²) < 4.78 is 3.34. The van der Waals surface area contributed by atoms with E-state index in [0.717, 1.165) is 0 Å². The quantitative estimate of drug-likeness (QED) is 0.511. The zero-order valence-corrected chi connectivity index (χ0v) is 8.56. The second-order valence-electron chi connectivity index (χ2n) is 3.01. The average Bonchev–Trinajstić information content (AvgIpc) is 2.08. The molecule has 1 aliphatic heterocycles. The molecule has 0 aliphatic carbocycles. The minimum Gasteiger partial charge on any atom is -0.388 e. The van der Waals surface area contributed by atoms with E-state index in [-0.39, 0.29) is 6.61 Å². The molecule has 0 spiro atoms. The lowest BCUT2D eigenvalue weighted by molar-refractivity contribution is -0.198. The van der Waals surface area contributed by atoms with Crippen LogP contribution in [0.25, 0.3) is 0 Å². The van der Waals surface area contributed by atoms with Crippen LogP contribution >= 0.6 is 15.9 Å². The van der Waals surface area contributed by atoms with Crippen molar-refractivity contribution in [2.45, 2.75) is 29.7 Å². The van der Waals surface area contributed by atoms with Gasteiger partial charge in [0.05, 0.1) is 6.61 Å². The van der Waals surface area contributed by atoms with E-state index in [1.54, 1.807) is 0 Å². The van der Waals surface area contributed by atoms with Gasteiger partial charge in [-0.25, -0.2) is 0 Å². The summed E-state index contributed by atoms with van der Waals surface area (Å²) in [6.07, 6.45) is -4.01. The third kappa shape index (κ3) is 1.77. The number of ether oxygens (including phenoxy) is 1. The number of carbonyl (C=O) groups excluding carboxylic acids is 1. The Bertz CT molecular complexity index is 221. The first-order chi connectivity index (χ1) is 5.89. The van der Waals surface area contributed by atoms with Crippen molar-refractivity contribution in [1.29, 1.82) is 0 Å². The van der Waals surface area contributed by atoms with E-state index >= 15 is 0 Å². The summed E-state index contributed by atoms with van der Waals surface area (Å²) in [4.78, 5) is 11.1. The second kappa shape index (κ2) is 3.62. The summed E-state index contributed by atoms with van der Waals surface area (Å²) in [5.74, 6) is -0.453. The highest BCUT2D eigenvalue weighted by atomic mass is 79.9. The van der Waals surface area contributed by atoms with Gasteiger partial charge in [-0.2, -0.15) is 0 Å². The van der Waals surface area contributed by atoms with Gasteiger partial charge in [0.2, 0.25) is 4.51 Å². The van der Waals surface area contributed by atoms with Gasteiger partial charge in [0, 0.05) is 0 Å². The van der Waals surface area contributed by atoms with Gasteiger partial charge in [0.1, 0.15) is 18.3 Å². The average molecular weight is 255 g/mol. The SMILES string of the molecule is CC(=O)[C@]1(Br)OC[C@@H](O)[C@H](O)[C@H]1O. The Morgan fingerprint density at radius 1 is 1.54 bits per heavy atom. The Kier molecular flexibility index (Phi) is 3.09. The molecule has 6 heteroatoms. The lowest BCUT2D eigenvalue weighted by Gasteiger charge is -2.39. The lowest BCUT2D eigenvalue weighted by atomic mass is 9.98. The molecule has 76 valence electrons. The summed E-state index contributed by atoms with van der Waals surface area (Å²) in [7, 11) is 0. The molecule has 3 N–H and O–H groups in total. The standard InChI is InChI=1S/C7H11BrO5/c1-3(9)7(8)6(12)5(11)4(10)2-13-7/h4-6,10-12H,2H2,1H3/t4-,5+,6-,7+/m1/s1. The fourth-order valence-corrected chi connectivity index (χ4v) is 1.53. The van der Waals surface area contributed by atoms with Gasteiger partial charge in [-0.1, -0.05) is 0 Å². The van der Waals surface area contributed by atoms with Crippen LogP contribution in [-0.2, 0) is 9.53 Å². The van der Waals surface area contributed by atoms with Crippen LogP contribution in [0, 0.1) is 0 Å². The fourth-order valence-electron chi connectivity index (χ4n) is 1.13. The summed E-state index contributed by atoms with van der Waals surface area (Å²) in [6, 6.07) is 0. The normalized spacial score (nSPS) is 46.1. The molecule has 1 saturated heterocycles. The monoisotopic (exact) mass is 254 g/mol. The molecule has 0 saturated carbocycles. The summed E-state index contributed by atoms with van der Waals surface area (Å²) in [5.41, 5.74) is 0. The Labute approximate surface area is 83.4 Å². The van der Waals surface area contributed by atoms with E-state index in [9.17, 15) is 15.0 Å². The van der Waals surface area contributed by atoms with Crippen LogP contribution in [0.1, 0.15) is 6.92 Å². The maximum Gasteiger partial charge on any atom is 0.209 e. The van der Waals surface area contributed by atoms with Gasteiger partial charge in [-0.3, -0.25) is 4.79 Å². The van der Waals surface area contributed by atoms with Crippen molar-refractivity contribution >= 4 is 21.7 Å². The van der Waals surface area contributed by atoms with Gasteiger partial charge in [-0.05, 0) is 22.9 Å². The Hall–Kier alpha value is -0.0100. The molecule has 0 aromatic carbocycles. The predicted molar refractivity (Wildman–Crippen MR) is 46.3 cm³/mol. The van der Waals surface area contributed by atoms with Crippen molar-refractivity contribution in [2.24, 2.45) is 0 Å². The molecule has 5 nitrogen and oxygen atoms in total. The van der Waals surface area contributed by atoms with Crippen molar-refractivity contribution in [3.63, 3.8) is 0 Å². The van der Waals surface area contributed by atoms with Crippen molar-refractivity contribution in [3.8, 4) is 0 Å². The third-order valence-electron chi connectivity index (χ3n) is 2.04. The van der Waals surface area contributed by atoms with E-state index in [1.165, 1.54) is 6.92 Å². The van der Waals surface area contributed by atoms with Crippen LogP contribution in [0.3, 0.4) is 0 Å². The Morgan fingerprint density at radius 2 is 2.08 bits per heavy atom. The fraction of sp³-hybridized carbons (Fsp3) is 0.857. The molecule has 1 heterocycles. The minimum absolute atomic E-state index is 0.191. The molecule has 1 fully saturated rings. The van der Waals surface area contributed by atoms with Crippen molar-refractivity contribution in [3.05, 3.63) is 0 Å². The van der Waals surface area contributed by atoms with Crippen LogP contribution in [0.5, 0.6) is 0 Å². The van der Waals surface area contributed by atoms with Crippen LogP contribution < -0.4 is 0 Å². The molecular weight excluding hydrogens is 244 g/mol. The first-order valence-electron chi connectivity index (χ1n) is 3.77. The third-order valence-corrected chi connectivity index (χ3v) is 3.30. The molecule has 4 atom stereocenters. The van der Waals surface area contributed by atoms with E-state index in [1.807, 2.05) is 0 Å². The number of aliphatic hydroxyl groups is 3. The number of aliphatic hydroxyl groups excluding tert-OH is 3. The molecule has 1 aliphatic rings. The molecular formula is C7H11BrO5. The molecule has 0 unspecified atom stereocenters. The Morgan fingerprint density at radius 3 is 2.54 bits per heavy atom. The van der Waals surface area contributed by atoms with E-state index < -0.39 is 28.6 Å². The number of Topliss-reactive ketones (excluding diaryl/α,β-unsaturated/α-hetero) is 1. The minimum atomic E-state index is -1.59. The zero-order valence-electron chi connectivity index (χ0n) is 6.98. The summed E-state index contributed by atoms with van der Waals surface area (Å²) in [5, 5.41) is 27.8. The van der Waals surface area contributed by atoms with E-state index in [0.29, 0.717) is 0 Å². The number of hydrogen-bond acceptors (Lipinski definition) is 5. The zero-order chi connectivity index (χ0) is 10.2. The number of hydrogen-bond donors (Lipinski definition) is 3. The highest BCUT2D eigenvalue weighted by molar-refractivity contribution is 9.10. The van der Waals surface area contributed by atoms with Gasteiger partial charge >= 0.3 is 0 Å². The second-order valence-corrected chi connectivity index (χ2v) is 4.19. The highest BCUT2D eigenvalue weighted by Gasteiger charge is 2.51. The van der Waals surface area contributed by atoms with Gasteiger partial charge in [-0.15, -0.1) is 0 Å². The molecule has 0 aromatic heterocycles. The summed E-state index contributed by atoms with van der Waals surface area (Å²) in [6.45, 7) is 1.03. The first kappa shape index (κ1) is 11.1. The Balaban J connectivity index is 2.85. The maximum atomic E-state index is 11.1. The molecule has 0 bridgehead atoms. The summed E-state index contributed by atoms with van der Waals surface area (Å²) >= 11 is 2.90. The maximum absolute atomic E-state index is 11.1. The van der Waals surface area contributed by atoms with Crippen molar-refractivity contribution in [1.82, 2.24) is 0 Å². The van der Waals surface area contributed by atoms with Gasteiger partial charge in [0.25, 0.3) is 0 Å². The predicted octanol–water partition coefficient (Wildman–Crippen LogP) is -1.22. The van der Waals surface area contributed by atoms with Crippen LogP contribution in [0.15, 0.2) is 0 Å². The van der Waals surface area contributed by atoms with Crippen molar-refractivity contribution in [2.75, 3.05) is 6.61 Å². The number of rotatable bonds is 1. The molecule has 0 aromatic rings. The molecule has 0 amide bonds. The molecule has 0 radical (unpaired) electrons. The lowest BCUT2D eigenvalue weighted by Crippen LogP contribution is -2.60. The first-order valence-corrected chi connectivity index (χ1v) is 4.57. The highest BCUT2D eigenvalue weighted by Crippen LogP contribution is 2.32. The van der Waals surface area contributed by atoms with Gasteiger partial charge < -0.3 is 20.1 Å². The van der Waals surface area contributed by atoms with E-state index in [2.05, 4.69) is 15.9 Å². The number of carbonyl (C=O) groups is 1. The van der Waals surface area contributed by atoms with Crippen LogP contribution in [0.4, 0.5) is 0 Å². The topological polar surface area (TPSA) is 87.0 Å².